The molecule has 1 atom stereocenters. The van der Waals surface area contributed by atoms with Gasteiger partial charge >= 0.3 is 0 Å². The molecular formula is C16H16NO3S-. The molecule has 0 spiro atoms. The summed E-state index contributed by atoms with van der Waals surface area (Å²) in [4.78, 5) is 13.1. The number of nitrogens with zero attached hydrogens (tertiary/aromatic N) is 1. The van der Waals surface area contributed by atoms with E-state index in [2.05, 4.69) is 0 Å². The van der Waals surface area contributed by atoms with Gasteiger partial charge in [-0.25, -0.2) is 0 Å². The van der Waals surface area contributed by atoms with Crippen LogP contribution in [0.1, 0.15) is 12.5 Å². The summed E-state index contributed by atoms with van der Waals surface area (Å²) >= 11 is -2.33. The highest BCUT2D eigenvalue weighted by Crippen LogP contribution is 2.32. The topological polar surface area (TPSA) is 60.4 Å². The Hall–Kier alpha value is -1.98. The maximum atomic E-state index is 11.8. The average molecular weight is 302 g/mol. The number of anilines is 1. The Morgan fingerprint density at radius 2 is 1.67 bits per heavy atom. The largest absolute Gasteiger partial charge is 0.771 e. The maximum Gasteiger partial charge on any atom is 0.224 e. The Morgan fingerprint density at radius 3 is 2.24 bits per heavy atom. The highest BCUT2D eigenvalue weighted by molar-refractivity contribution is 7.79. The van der Waals surface area contributed by atoms with Crippen LogP contribution >= 0.6 is 0 Å². The van der Waals surface area contributed by atoms with Crippen LogP contribution in [0.15, 0.2) is 48.5 Å². The van der Waals surface area contributed by atoms with Gasteiger partial charge in [0.25, 0.3) is 0 Å². The molecule has 0 radical (unpaired) electrons. The lowest BCUT2D eigenvalue weighted by atomic mass is 9.98. The van der Waals surface area contributed by atoms with Gasteiger partial charge < -0.3 is 9.45 Å². The standard InChI is InChI=1S/C16H17NO3S/c1-12-7-3-4-8-14(12)15-9-5-6-10-16(15)17(13(2)18)11-21(19)20/h3-10H,11H2,1-2H3,(H,19,20)/p-1. The molecule has 0 aliphatic heterocycles. The van der Waals surface area contributed by atoms with Gasteiger partial charge in [0, 0.05) is 12.5 Å². The Labute approximate surface area is 126 Å². The van der Waals surface area contributed by atoms with Gasteiger partial charge in [0.2, 0.25) is 5.91 Å². The van der Waals surface area contributed by atoms with E-state index < -0.39 is 11.1 Å². The summed E-state index contributed by atoms with van der Waals surface area (Å²) in [6.07, 6.45) is 0. The van der Waals surface area contributed by atoms with Crippen LogP contribution in [0.2, 0.25) is 0 Å². The first kappa shape index (κ1) is 15.4. The molecule has 0 aliphatic rings. The molecule has 2 aromatic rings. The fraction of sp³-hybridized carbons (Fsp3) is 0.188. The van der Waals surface area contributed by atoms with E-state index in [1.54, 1.807) is 12.1 Å². The van der Waals surface area contributed by atoms with E-state index in [4.69, 9.17) is 0 Å². The third-order valence-corrected chi connectivity index (χ3v) is 3.71. The van der Waals surface area contributed by atoms with Gasteiger partial charge in [0.15, 0.2) is 0 Å². The Bertz CT molecular complexity index is 685. The Kier molecular flexibility index (Phi) is 4.88. The van der Waals surface area contributed by atoms with Crippen LogP contribution < -0.4 is 4.90 Å². The number of para-hydroxylation sites is 1. The molecule has 0 saturated heterocycles. The minimum atomic E-state index is -2.33. The van der Waals surface area contributed by atoms with Gasteiger partial charge in [-0.1, -0.05) is 42.5 Å². The van der Waals surface area contributed by atoms with Crippen LogP contribution in [-0.4, -0.2) is 20.5 Å². The average Bonchev–Trinajstić information content (AvgIpc) is 2.45. The number of hydrogen-bond acceptors (Lipinski definition) is 3. The zero-order valence-electron chi connectivity index (χ0n) is 11.9. The van der Waals surface area contributed by atoms with E-state index in [-0.39, 0.29) is 11.8 Å². The second-order valence-electron chi connectivity index (χ2n) is 4.71. The number of rotatable bonds is 4. The molecule has 0 heterocycles. The molecular weight excluding hydrogens is 286 g/mol. The third-order valence-electron chi connectivity index (χ3n) is 3.24. The highest BCUT2D eigenvalue weighted by atomic mass is 32.2. The van der Waals surface area contributed by atoms with Crippen molar-refractivity contribution in [1.29, 1.82) is 0 Å². The predicted molar refractivity (Wildman–Crippen MR) is 83.6 cm³/mol. The second kappa shape index (κ2) is 6.65. The smallest absolute Gasteiger partial charge is 0.224 e. The number of amides is 1. The number of carbonyl (C=O) groups excluding carboxylic acids is 1. The monoisotopic (exact) mass is 302 g/mol. The summed E-state index contributed by atoms with van der Waals surface area (Å²) < 4.78 is 22.0. The first-order chi connectivity index (χ1) is 10.0. The summed E-state index contributed by atoms with van der Waals surface area (Å²) in [6, 6.07) is 15.1. The lowest BCUT2D eigenvalue weighted by Gasteiger charge is -2.25. The minimum Gasteiger partial charge on any atom is -0.771 e. The number of carbonyl (C=O) groups is 1. The zero-order valence-corrected chi connectivity index (χ0v) is 12.7. The van der Waals surface area contributed by atoms with Gasteiger partial charge in [-0.2, -0.15) is 0 Å². The van der Waals surface area contributed by atoms with Crippen molar-refractivity contribution in [2.75, 3.05) is 10.8 Å². The van der Waals surface area contributed by atoms with Crippen molar-refractivity contribution in [3.63, 3.8) is 0 Å². The predicted octanol–water partition coefficient (Wildman–Crippen LogP) is 2.85. The fourth-order valence-corrected chi connectivity index (χ4v) is 2.78. The lowest BCUT2D eigenvalue weighted by molar-refractivity contribution is -0.116. The van der Waals surface area contributed by atoms with E-state index in [0.29, 0.717) is 5.69 Å². The van der Waals surface area contributed by atoms with Crippen LogP contribution in [0.3, 0.4) is 0 Å². The molecule has 2 rings (SSSR count). The van der Waals surface area contributed by atoms with Gasteiger partial charge in [-0.05, 0) is 35.2 Å². The normalized spacial score (nSPS) is 12.0. The summed E-state index contributed by atoms with van der Waals surface area (Å²) in [5.74, 6) is -0.654. The van der Waals surface area contributed by atoms with Crippen molar-refractivity contribution in [2.24, 2.45) is 0 Å². The van der Waals surface area contributed by atoms with Gasteiger partial charge in [0.1, 0.15) is 0 Å². The summed E-state index contributed by atoms with van der Waals surface area (Å²) in [5, 5.41) is 0. The van der Waals surface area contributed by atoms with Gasteiger partial charge in [0.05, 0.1) is 11.6 Å². The molecule has 5 heteroatoms. The molecule has 110 valence electrons. The van der Waals surface area contributed by atoms with Crippen molar-refractivity contribution in [1.82, 2.24) is 0 Å². The maximum absolute atomic E-state index is 11.8. The third kappa shape index (κ3) is 3.56. The lowest BCUT2D eigenvalue weighted by Crippen LogP contribution is -2.32. The van der Waals surface area contributed by atoms with Gasteiger partial charge in [-0.15, -0.1) is 0 Å². The molecule has 0 aromatic heterocycles. The molecule has 1 amide bonds. The number of benzene rings is 2. The molecule has 21 heavy (non-hydrogen) atoms. The second-order valence-corrected chi connectivity index (χ2v) is 5.58. The van der Waals surface area contributed by atoms with Gasteiger partial charge in [-0.3, -0.25) is 9.00 Å². The molecule has 0 fully saturated rings. The van der Waals surface area contributed by atoms with E-state index in [1.807, 2.05) is 43.3 Å². The van der Waals surface area contributed by atoms with E-state index >= 15 is 0 Å². The van der Waals surface area contributed by atoms with Crippen molar-refractivity contribution in [2.45, 2.75) is 13.8 Å². The Balaban J connectivity index is 2.57. The van der Waals surface area contributed by atoms with Crippen LogP contribution in [0.5, 0.6) is 0 Å². The summed E-state index contributed by atoms with van der Waals surface area (Å²) in [7, 11) is 0. The molecule has 0 saturated carbocycles. The summed E-state index contributed by atoms with van der Waals surface area (Å²) in [6.45, 7) is 3.34. The van der Waals surface area contributed by atoms with Crippen molar-refractivity contribution < 1.29 is 13.6 Å². The van der Waals surface area contributed by atoms with Crippen LogP contribution in [0.4, 0.5) is 5.69 Å². The zero-order chi connectivity index (χ0) is 15.4. The minimum absolute atomic E-state index is 0.305. The molecule has 4 nitrogen and oxygen atoms in total. The molecule has 2 aromatic carbocycles. The fourth-order valence-electron chi connectivity index (χ4n) is 2.25. The van der Waals surface area contributed by atoms with Crippen molar-refractivity contribution in [3.05, 3.63) is 54.1 Å². The van der Waals surface area contributed by atoms with Crippen molar-refractivity contribution >= 4 is 22.7 Å². The molecule has 0 N–H and O–H groups in total. The number of hydrogen-bond donors (Lipinski definition) is 0. The number of aryl methyl sites for hydroxylation is 1. The first-order valence-corrected chi connectivity index (χ1v) is 7.74. The van der Waals surface area contributed by atoms with E-state index in [1.165, 1.54) is 11.8 Å². The van der Waals surface area contributed by atoms with Crippen LogP contribution in [0, 0.1) is 6.92 Å². The van der Waals surface area contributed by atoms with E-state index in [0.717, 1.165) is 16.7 Å². The SMILES string of the molecule is CC(=O)N(CS(=O)[O-])c1ccccc1-c1ccccc1C. The molecule has 0 aliphatic carbocycles. The van der Waals surface area contributed by atoms with Crippen LogP contribution in [0.25, 0.3) is 11.1 Å². The Morgan fingerprint density at radius 1 is 1.10 bits per heavy atom. The summed E-state index contributed by atoms with van der Waals surface area (Å²) in [5.41, 5.74) is 3.49. The van der Waals surface area contributed by atoms with E-state index in [9.17, 15) is 13.6 Å². The van der Waals surface area contributed by atoms with Crippen molar-refractivity contribution in [3.8, 4) is 11.1 Å². The first-order valence-electron chi connectivity index (χ1n) is 6.49. The molecule has 1 unspecified atom stereocenters. The quantitative estimate of drug-likeness (QED) is 0.816. The highest BCUT2D eigenvalue weighted by Gasteiger charge is 2.16. The molecule has 0 bridgehead atoms. The van der Waals surface area contributed by atoms with Crippen LogP contribution in [-0.2, 0) is 15.9 Å².